The third-order valence-corrected chi connectivity index (χ3v) is 14.4. The highest BCUT2D eigenvalue weighted by molar-refractivity contribution is 5.88. The van der Waals surface area contributed by atoms with Crippen molar-refractivity contribution in [1.82, 2.24) is 0 Å². The van der Waals surface area contributed by atoms with Crippen LogP contribution in [-0.2, 0) is 5.41 Å². The largest absolute Gasteiger partial charge is 0.0796 e. The predicted octanol–water partition coefficient (Wildman–Crippen LogP) is 14.5. The molecule has 0 bridgehead atoms. The molecular weight excluding hydrogens is 661 g/mol. The van der Waals surface area contributed by atoms with Gasteiger partial charge >= 0.3 is 0 Å². The summed E-state index contributed by atoms with van der Waals surface area (Å²) in [4.78, 5) is 0. The summed E-state index contributed by atoms with van der Waals surface area (Å²) < 4.78 is 0. The van der Waals surface area contributed by atoms with Gasteiger partial charge in [-0.25, -0.2) is 0 Å². The maximum Gasteiger partial charge on any atom is 0.0159 e. The highest BCUT2D eigenvalue weighted by Crippen LogP contribution is 2.62. The van der Waals surface area contributed by atoms with Gasteiger partial charge in [0.1, 0.15) is 0 Å². The minimum Gasteiger partial charge on any atom is -0.0796 e. The number of hydrogen-bond acceptors (Lipinski definition) is 0. The van der Waals surface area contributed by atoms with Crippen molar-refractivity contribution in [3.8, 4) is 22.3 Å². The van der Waals surface area contributed by atoms with Gasteiger partial charge in [0.15, 0.2) is 0 Å². The molecule has 0 heterocycles. The lowest BCUT2D eigenvalue weighted by Gasteiger charge is -2.54. The molecule has 0 radical (unpaired) electrons. The number of allylic oxidation sites excluding steroid dienone is 4. The van der Waals surface area contributed by atoms with Gasteiger partial charge in [-0.1, -0.05) is 191 Å². The van der Waals surface area contributed by atoms with Gasteiger partial charge in [0.2, 0.25) is 0 Å². The van der Waals surface area contributed by atoms with Crippen molar-refractivity contribution in [2.75, 3.05) is 0 Å². The first-order valence-electron chi connectivity index (χ1n) is 20.8. The molecule has 4 aliphatic rings. The molecule has 55 heavy (non-hydrogen) atoms. The Hall–Kier alpha value is -5.46. The molecule has 6 unspecified atom stereocenters. The fourth-order valence-corrected chi connectivity index (χ4v) is 12.0. The summed E-state index contributed by atoms with van der Waals surface area (Å²) in [7, 11) is 0. The van der Waals surface area contributed by atoms with Gasteiger partial charge < -0.3 is 0 Å². The molecule has 11 rings (SSSR count). The van der Waals surface area contributed by atoms with Gasteiger partial charge in [0.25, 0.3) is 0 Å². The lowest BCUT2D eigenvalue weighted by atomic mass is 9.49. The molecular formula is C55H48. The lowest BCUT2D eigenvalue weighted by Crippen LogP contribution is -2.45. The Bertz CT molecular complexity index is 2660. The zero-order valence-electron chi connectivity index (χ0n) is 32.0. The fourth-order valence-electron chi connectivity index (χ4n) is 12.0. The Morgan fingerprint density at radius 2 is 1.02 bits per heavy atom. The monoisotopic (exact) mass is 708 g/mol. The Balaban J connectivity index is 1.01. The summed E-state index contributed by atoms with van der Waals surface area (Å²) in [6, 6.07) is 57.9. The van der Waals surface area contributed by atoms with Crippen LogP contribution in [0.15, 0.2) is 170 Å². The highest BCUT2D eigenvalue weighted by Gasteiger charge is 2.51. The maximum absolute atomic E-state index is 2.71. The average Bonchev–Trinajstić information content (AvgIpc) is 3.47. The van der Waals surface area contributed by atoms with Gasteiger partial charge in [0, 0.05) is 5.41 Å². The zero-order chi connectivity index (χ0) is 36.7. The summed E-state index contributed by atoms with van der Waals surface area (Å²) in [6.45, 7) is 4.74. The van der Waals surface area contributed by atoms with Crippen molar-refractivity contribution in [3.05, 3.63) is 198 Å². The van der Waals surface area contributed by atoms with Gasteiger partial charge in [-0.2, -0.15) is 0 Å². The molecule has 6 atom stereocenters. The second-order valence-corrected chi connectivity index (χ2v) is 17.4. The number of benzene rings is 7. The van der Waals surface area contributed by atoms with E-state index in [0.717, 1.165) is 0 Å². The van der Waals surface area contributed by atoms with Crippen LogP contribution in [-0.4, -0.2) is 0 Å². The third kappa shape index (κ3) is 5.17. The standard InChI is InChI=1S/C55H48/c1-55(2)51-24-10-9-19-43(51)44-31-29-40(34-52(44)55)36-27-25-35(26-28-36)39-30-32-49-50(33-39)54(46-23-12-16-38-14-4-6-18-42(38)46)48-21-8-7-20-47(48)53(49)45-22-11-15-37-13-3-5-17-41(37)45/h3-6,9-19,22-34,47-50,53-54H,7-8,20-21H2,1-2H3. The molecule has 0 spiro atoms. The molecule has 0 saturated heterocycles. The first-order chi connectivity index (χ1) is 27.0. The molecule has 2 fully saturated rings. The van der Waals surface area contributed by atoms with Gasteiger partial charge in [0.05, 0.1) is 0 Å². The molecule has 0 nitrogen and oxygen atoms in total. The maximum atomic E-state index is 2.71. The summed E-state index contributed by atoms with van der Waals surface area (Å²) in [5.74, 6) is 3.13. The Morgan fingerprint density at radius 1 is 0.473 bits per heavy atom. The smallest absolute Gasteiger partial charge is 0.0159 e. The summed E-state index contributed by atoms with van der Waals surface area (Å²) in [5.41, 5.74) is 14.0. The van der Waals surface area contributed by atoms with E-state index in [-0.39, 0.29) is 5.41 Å². The van der Waals surface area contributed by atoms with Crippen LogP contribution in [0.5, 0.6) is 0 Å². The highest BCUT2D eigenvalue weighted by atomic mass is 14.5. The molecule has 7 aromatic rings. The van der Waals surface area contributed by atoms with E-state index in [9.17, 15) is 0 Å². The fraction of sp³-hybridized carbons (Fsp3) is 0.236. The molecule has 0 aliphatic heterocycles. The number of hydrogen-bond donors (Lipinski definition) is 0. The van der Waals surface area contributed by atoms with Crippen molar-refractivity contribution in [1.29, 1.82) is 0 Å². The van der Waals surface area contributed by atoms with E-state index in [1.165, 1.54) is 91.7 Å². The van der Waals surface area contributed by atoms with E-state index < -0.39 is 0 Å². The Kier molecular flexibility index (Phi) is 7.67. The van der Waals surface area contributed by atoms with Crippen molar-refractivity contribution in [3.63, 3.8) is 0 Å². The second kappa shape index (κ2) is 12.8. The minimum atomic E-state index is -0.00201. The zero-order valence-corrected chi connectivity index (χ0v) is 32.0. The van der Waals surface area contributed by atoms with E-state index in [4.69, 9.17) is 0 Å². The van der Waals surface area contributed by atoms with Crippen LogP contribution < -0.4 is 0 Å². The van der Waals surface area contributed by atoms with E-state index in [1.54, 1.807) is 11.1 Å². The van der Waals surface area contributed by atoms with Crippen LogP contribution in [0, 0.1) is 23.7 Å². The first kappa shape index (κ1) is 32.9. The molecule has 7 aromatic carbocycles. The van der Waals surface area contributed by atoms with Crippen LogP contribution >= 0.6 is 0 Å². The molecule has 268 valence electrons. The SMILES string of the molecule is CC1(C)c2ccccc2-c2ccc(-c3ccc(C4=CC5C(C=C4)C(c4cccc6ccccc46)C4CCCCC4C5c4cccc5ccccc45)cc3)cc21. The van der Waals surface area contributed by atoms with E-state index in [0.29, 0.717) is 35.5 Å². The normalized spacial score (nSPS) is 24.8. The third-order valence-electron chi connectivity index (χ3n) is 14.4. The summed E-state index contributed by atoms with van der Waals surface area (Å²) >= 11 is 0. The van der Waals surface area contributed by atoms with Crippen molar-refractivity contribution in [2.24, 2.45) is 23.7 Å². The molecule has 0 aromatic heterocycles. The summed E-state index contributed by atoms with van der Waals surface area (Å²) in [6.07, 6.45) is 13.1. The van der Waals surface area contributed by atoms with Crippen LogP contribution in [0.4, 0.5) is 0 Å². The van der Waals surface area contributed by atoms with E-state index in [1.807, 2.05) is 0 Å². The summed E-state index contributed by atoms with van der Waals surface area (Å²) in [5, 5.41) is 5.62. The van der Waals surface area contributed by atoms with Crippen LogP contribution in [0.2, 0.25) is 0 Å². The first-order valence-corrected chi connectivity index (χ1v) is 20.8. The van der Waals surface area contributed by atoms with E-state index >= 15 is 0 Å². The van der Waals surface area contributed by atoms with Gasteiger partial charge in [-0.15, -0.1) is 0 Å². The number of fused-ring (bicyclic) bond motifs is 7. The number of rotatable bonds is 4. The van der Waals surface area contributed by atoms with E-state index in [2.05, 4.69) is 184 Å². The molecule has 0 N–H and O–H groups in total. The van der Waals surface area contributed by atoms with Crippen molar-refractivity contribution in [2.45, 2.75) is 56.8 Å². The van der Waals surface area contributed by atoms with Crippen molar-refractivity contribution < 1.29 is 0 Å². The lowest BCUT2D eigenvalue weighted by molar-refractivity contribution is 0.0638. The Morgan fingerprint density at radius 3 is 1.71 bits per heavy atom. The van der Waals surface area contributed by atoms with Gasteiger partial charge in [-0.05, 0) is 132 Å². The predicted molar refractivity (Wildman–Crippen MR) is 232 cm³/mol. The second-order valence-electron chi connectivity index (χ2n) is 17.4. The molecule has 4 aliphatic carbocycles. The van der Waals surface area contributed by atoms with Crippen LogP contribution in [0.3, 0.4) is 0 Å². The topological polar surface area (TPSA) is 0 Å². The van der Waals surface area contributed by atoms with Crippen molar-refractivity contribution >= 4 is 27.1 Å². The minimum absolute atomic E-state index is 0.00201. The average molecular weight is 709 g/mol. The quantitative estimate of drug-likeness (QED) is 0.171. The Labute approximate surface area is 326 Å². The molecule has 0 amide bonds. The molecule has 0 heteroatoms. The van der Waals surface area contributed by atoms with Crippen LogP contribution in [0.1, 0.15) is 79.2 Å². The molecule has 2 saturated carbocycles. The van der Waals surface area contributed by atoms with Crippen LogP contribution in [0.25, 0.3) is 49.4 Å². The van der Waals surface area contributed by atoms with Gasteiger partial charge in [-0.3, -0.25) is 0 Å².